The van der Waals surface area contributed by atoms with Gasteiger partial charge in [-0.05, 0) is 24.5 Å². The van der Waals surface area contributed by atoms with E-state index in [1.165, 1.54) is 0 Å². The van der Waals surface area contributed by atoms with Crippen molar-refractivity contribution < 1.29 is 4.74 Å². The second-order valence-corrected chi connectivity index (χ2v) is 3.83. The fourth-order valence-corrected chi connectivity index (χ4v) is 0.901. The number of methoxy groups -OCH3 is 1. The standard InChI is InChI=1S/C10H18OS/c1-8(2)5-6-9(3)10(12)7-11-4/h5,8,10,12H,7H2,1-4H3/t6?,10-/m0/s1. The van der Waals surface area contributed by atoms with Crippen LogP contribution in [0.15, 0.2) is 17.4 Å². The van der Waals surface area contributed by atoms with E-state index in [9.17, 15) is 0 Å². The van der Waals surface area contributed by atoms with E-state index >= 15 is 0 Å². The van der Waals surface area contributed by atoms with Gasteiger partial charge in [0.2, 0.25) is 0 Å². The molecule has 12 heavy (non-hydrogen) atoms. The van der Waals surface area contributed by atoms with E-state index in [4.69, 9.17) is 4.74 Å². The molecule has 0 saturated carbocycles. The Labute approximate surface area is 80.9 Å². The molecular weight excluding hydrogens is 168 g/mol. The minimum Gasteiger partial charge on any atom is -0.383 e. The summed E-state index contributed by atoms with van der Waals surface area (Å²) in [5.41, 5.74) is 4.34. The van der Waals surface area contributed by atoms with E-state index in [2.05, 4.69) is 32.2 Å². The largest absolute Gasteiger partial charge is 0.383 e. The first-order valence-corrected chi connectivity index (χ1v) is 4.70. The zero-order valence-electron chi connectivity index (χ0n) is 8.29. The van der Waals surface area contributed by atoms with E-state index < -0.39 is 0 Å². The molecule has 1 atom stereocenters. The van der Waals surface area contributed by atoms with Crippen molar-refractivity contribution in [3.05, 3.63) is 17.4 Å². The molecule has 0 aliphatic rings. The van der Waals surface area contributed by atoms with Gasteiger partial charge >= 0.3 is 0 Å². The Balaban J connectivity index is 4.16. The monoisotopic (exact) mass is 186 g/mol. The number of rotatable bonds is 4. The average Bonchev–Trinajstić information content (AvgIpc) is 2.00. The molecular formula is C10H18OS. The van der Waals surface area contributed by atoms with Crippen LogP contribution in [0.1, 0.15) is 20.8 Å². The van der Waals surface area contributed by atoms with Crippen molar-refractivity contribution in [3.8, 4) is 0 Å². The Bertz CT molecular complexity index is 178. The molecule has 0 aliphatic carbocycles. The summed E-state index contributed by atoms with van der Waals surface area (Å²) >= 11 is 4.36. The molecule has 0 aliphatic heterocycles. The molecule has 0 N–H and O–H groups in total. The van der Waals surface area contributed by atoms with Crippen molar-refractivity contribution in [1.29, 1.82) is 0 Å². The smallest absolute Gasteiger partial charge is 0.0622 e. The summed E-state index contributed by atoms with van der Waals surface area (Å²) in [5.74, 6) is 0.544. The fraction of sp³-hybridized carbons (Fsp3) is 0.700. The Morgan fingerprint density at radius 3 is 2.58 bits per heavy atom. The predicted octanol–water partition coefficient (Wildman–Crippen LogP) is 2.69. The maximum absolute atomic E-state index is 4.98. The zero-order valence-corrected chi connectivity index (χ0v) is 9.19. The lowest BCUT2D eigenvalue weighted by Crippen LogP contribution is -2.07. The van der Waals surface area contributed by atoms with Gasteiger partial charge in [-0.3, -0.25) is 0 Å². The first-order valence-electron chi connectivity index (χ1n) is 4.18. The van der Waals surface area contributed by atoms with Gasteiger partial charge in [0, 0.05) is 7.11 Å². The summed E-state index contributed by atoms with van der Waals surface area (Å²) in [5, 5.41) is 0.171. The van der Waals surface area contributed by atoms with Gasteiger partial charge in [0.1, 0.15) is 0 Å². The number of thiol groups is 1. The lowest BCUT2D eigenvalue weighted by Gasteiger charge is -2.06. The van der Waals surface area contributed by atoms with Gasteiger partial charge in [0.25, 0.3) is 0 Å². The van der Waals surface area contributed by atoms with Crippen molar-refractivity contribution in [2.24, 2.45) is 5.92 Å². The molecule has 0 unspecified atom stereocenters. The van der Waals surface area contributed by atoms with E-state index in [1.54, 1.807) is 7.11 Å². The van der Waals surface area contributed by atoms with E-state index in [0.29, 0.717) is 12.5 Å². The molecule has 0 saturated heterocycles. The summed E-state index contributed by atoms with van der Waals surface area (Å²) in [7, 11) is 1.68. The Kier molecular flexibility index (Phi) is 6.27. The first kappa shape index (κ1) is 11.8. The van der Waals surface area contributed by atoms with E-state index in [0.717, 1.165) is 5.57 Å². The van der Waals surface area contributed by atoms with Crippen molar-refractivity contribution in [2.75, 3.05) is 13.7 Å². The van der Waals surface area contributed by atoms with Crippen LogP contribution in [0.5, 0.6) is 0 Å². The van der Waals surface area contributed by atoms with Gasteiger partial charge in [-0.1, -0.05) is 13.8 Å². The molecule has 0 heterocycles. The van der Waals surface area contributed by atoms with Gasteiger partial charge in [-0.25, -0.2) is 0 Å². The highest BCUT2D eigenvalue weighted by molar-refractivity contribution is 7.81. The fourth-order valence-electron chi connectivity index (χ4n) is 0.677. The molecule has 0 radical (unpaired) electrons. The minimum absolute atomic E-state index is 0.171. The highest BCUT2D eigenvalue weighted by atomic mass is 32.1. The summed E-state index contributed by atoms with van der Waals surface area (Å²) < 4.78 is 4.98. The molecule has 0 spiro atoms. The third-order valence-electron chi connectivity index (χ3n) is 1.47. The van der Waals surface area contributed by atoms with Crippen LogP contribution in [0.25, 0.3) is 0 Å². The molecule has 0 aromatic carbocycles. The van der Waals surface area contributed by atoms with E-state index in [-0.39, 0.29) is 5.25 Å². The second-order valence-electron chi connectivity index (χ2n) is 3.21. The molecule has 0 amide bonds. The van der Waals surface area contributed by atoms with Crippen LogP contribution in [-0.4, -0.2) is 19.0 Å². The maximum Gasteiger partial charge on any atom is 0.0622 e. The lowest BCUT2D eigenvalue weighted by atomic mass is 10.2. The van der Waals surface area contributed by atoms with Gasteiger partial charge < -0.3 is 4.74 Å². The molecule has 2 heteroatoms. The zero-order chi connectivity index (χ0) is 9.56. The van der Waals surface area contributed by atoms with Crippen LogP contribution >= 0.6 is 12.6 Å². The van der Waals surface area contributed by atoms with Gasteiger partial charge in [0.15, 0.2) is 0 Å². The molecule has 0 bridgehead atoms. The molecule has 0 rings (SSSR count). The van der Waals surface area contributed by atoms with Gasteiger partial charge in [0.05, 0.1) is 11.9 Å². The summed E-state index contributed by atoms with van der Waals surface area (Å²) in [4.78, 5) is 0. The van der Waals surface area contributed by atoms with Crippen LogP contribution in [0.2, 0.25) is 0 Å². The number of ether oxygens (including phenoxy) is 1. The van der Waals surface area contributed by atoms with Crippen LogP contribution in [0.4, 0.5) is 0 Å². The number of hydrogen-bond donors (Lipinski definition) is 1. The lowest BCUT2D eigenvalue weighted by molar-refractivity contribution is 0.206. The molecule has 0 aromatic heterocycles. The predicted molar refractivity (Wildman–Crippen MR) is 56.8 cm³/mol. The molecule has 70 valence electrons. The second kappa shape index (κ2) is 6.36. The third kappa shape index (κ3) is 5.48. The summed E-state index contributed by atoms with van der Waals surface area (Å²) in [6, 6.07) is 0. The SMILES string of the molecule is COC[C@H](S)C(C)=C=CC(C)C. The van der Waals surface area contributed by atoms with Crippen LogP contribution < -0.4 is 0 Å². The Morgan fingerprint density at radius 2 is 2.17 bits per heavy atom. The van der Waals surface area contributed by atoms with Crippen LogP contribution in [0.3, 0.4) is 0 Å². The molecule has 1 nitrogen and oxygen atoms in total. The molecule has 0 fully saturated rings. The number of hydrogen-bond acceptors (Lipinski definition) is 2. The summed E-state index contributed by atoms with van der Waals surface area (Å²) in [6.45, 7) is 6.93. The minimum atomic E-state index is 0.171. The molecule has 0 aromatic rings. The maximum atomic E-state index is 4.98. The van der Waals surface area contributed by atoms with Crippen molar-refractivity contribution >= 4 is 12.6 Å². The van der Waals surface area contributed by atoms with Gasteiger partial charge in [-0.2, -0.15) is 12.6 Å². The van der Waals surface area contributed by atoms with Crippen molar-refractivity contribution in [1.82, 2.24) is 0 Å². The average molecular weight is 186 g/mol. The van der Waals surface area contributed by atoms with Crippen molar-refractivity contribution in [2.45, 2.75) is 26.0 Å². The van der Waals surface area contributed by atoms with Crippen LogP contribution in [-0.2, 0) is 4.74 Å². The first-order chi connectivity index (χ1) is 5.57. The van der Waals surface area contributed by atoms with Crippen molar-refractivity contribution in [3.63, 3.8) is 0 Å². The van der Waals surface area contributed by atoms with Gasteiger partial charge in [-0.15, -0.1) is 5.73 Å². The van der Waals surface area contributed by atoms with Crippen LogP contribution in [0, 0.1) is 5.92 Å². The Morgan fingerprint density at radius 1 is 1.58 bits per heavy atom. The normalized spacial score (nSPS) is 12.5. The highest BCUT2D eigenvalue weighted by Crippen LogP contribution is 2.07. The topological polar surface area (TPSA) is 9.23 Å². The summed E-state index contributed by atoms with van der Waals surface area (Å²) in [6.07, 6.45) is 2.05. The van der Waals surface area contributed by atoms with E-state index in [1.807, 2.05) is 13.0 Å². The third-order valence-corrected chi connectivity index (χ3v) is 2.01. The Hall–Kier alpha value is -0.170. The quantitative estimate of drug-likeness (QED) is 0.524. The highest BCUT2D eigenvalue weighted by Gasteiger charge is 2.02.